The molecule has 17 heavy (non-hydrogen) atoms. The van der Waals surface area contributed by atoms with Crippen LogP contribution >= 0.6 is 0 Å². The third-order valence-corrected chi connectivity index (χ3v) is 2.74. The Labute approximate surface area is 100 Å². The lowest BCUT2D eigenvalue weighted by atomic mass is 10.0. The standard InChI is InChI=1S/C13H16N4/c14-7-11-12(16)5-9(6-13(11)17)8-2-1-3-10(15)4-8/h1-6H,7,14-17H2. The summed E-state index contributed by atoms with van der Waals surface area (Å²) in [5, 5.41) is 0. The molecule has 0 radical (unpaired) electrons. The van der Waals surface area contributed by atoms with Gasteiger partial charge in [-0.25, -0.2) is 0 Å². The molecule has 88 valence electrons. The van der Waals surface area contributed by atoms with E-state index in [0.29, 0.717) is 23.6 Å². The monoisotopic (exact) mass is 228 g/mol. The van der Waals surface area contributed by atoms with Crippen molar-refractivity contribution in [1.82, 2.24) is 0 Å². The maximum absolute atomic E-state index is 5.92. The Kier molecular flexibility index (Phi) is 2.89. The van der Waals surface area contributed by atoms with Gasteiger partial charge in [0.2, 0.25) is 0 Å². The van der Waals surface area contributed by atoms with E-state index in [9.17, 15) is 0 Å². The third-order valence-electron chi connectivity index (χ3n) is 2.74. The molecule has 0 saturated carbocycles. The molecule has 0 unspecified atom stereocenters. The van der Waals surface area contributed by atoms with Crippen LogP contribution in [0.3, 0.4) is 0 Å². The molecule has 2 rings (SSSR count). The van der Waals surface area contributed by atoms with Crippen molar-refractivity contribution in [3.63, 3.8) is 0 Å². The maximum Gasteiger partial charge on any atom is 0.0386 e. The van der Waals surface area contributed by atoms with E-state index in [4.69, 9.17) is 22.9 Å². The van der Waals surface area contributed by atoms with E-state index in [1.165, 1.54) is 0 Å². The molecule has 0 aliphatic carbocycles. The minimum Gasteiger partial charge on any atom is -0.399 e. The van der Waals surface area contributed by atoms with Gasteiger partial charge in [-0.2, -0.15) is 0 Å². The van der Waals surface area contributed by atoms with Gasteiger partial charge in [-0.15, -0.1) is 0 Å². The Morgan fingerprint density at radius 2 is 1.47 bits per heavy atom. The number of hydrogen-bond donors (Lipinski definition) is 4. The average Bonchev–Trinajstić information content (AvgIpc) is 2.28. The topological polar surface area (TPSA) is 104 Å². The molecule has 0 aromatic heterocycles. The first-order chi connectivity index (χ1) is 8.11. The van der Waals surface area contributed by atoms with Crippen LogP contribution in [0.4, 0.5) is 17.1 Å². The molecule has 0 aliphatic rings. The number of rotatable bonds is 2. The average molecular weight is 228 g/mol. The largest absolute Gasteiger partial charge is 0.399 e. The lowest BCUT2D eigenvalue weighted by Crippen LogP contribution is -2.06. The first-order valence-corrected chi connectivity index (χ1v) is 5.35. The molecule has 0 fully saturated rings. The van der Waals surface area contributed by atoms with Gasteiger partial charge in [-0.05, 0) is 35.4 Å². The molecule has 4 nitrogen and oxygen atoms in total. The zero-order chi connectivity index (χ0) is 12.4. The molecule has 0 spiro atoms. The highest BCUT2D eigenvalue weighted by Gasteiger charge is 2.06. The van der Waals surface area contributed by atoms with E-state index in [2.05, 4.69) is 0 Å². The van der Waals surface area contributed by atoms with Gasteiger partial charge in [0.25, 0.3) is 0 Å². The van der Waals surface area contributed by atoms with Gasteiger partial charge in [-0.3, -0.25) is 0 Å². The van der Waals surface area contributed by atoms with Gasteiger partial charge < -0.3 is 22.9 Å². The van der Waals surface area contributed by atoms with Crippen LogP contribution in [0.25, 0.3) is 11.1 Å². The van der Waals surface area contributed by atoms with Crippen molar-refractivity contribution in [2.45, 2.75) is 6.54 Å². The molecule has 4 heteroatoms. The molecule has 0 bridgehead atoms. The van der Waals surface area contributed by atoms with Crippen LogP contribution in [0, 0.1) is 0 Å². The van der Waals surface area contributed by atoms with Crippen LogP contribution in [0.2, 0.25) is 0 Å². The summed E-state index contributed by atoms with van der Waals surface area (Å²) in [7, 11) is 0. The number of anilines is 3. The fourth-order valence-electron chi connectivity index (χ4n) is 1.84. The number of benzene rings is 2. The normalized spacial score (nSPS) is 10.4. The third kappa shape index (κ3) is 2.16. The van der Waals surface area contributed by atoms with Crippen molar-refractivity contribution in [2.75, 3.05) is 17.2 Å². The SMILES string of the molecule is NCc1c(N)cc(-c2cccc(N)c2)cc1N. The lowest BCUT2D eigenvalue weighted by Gasteiger charge is -2.11. The summed E-state index contributed by atoms with van der Waals surface area (Å²) in [6.07, 6.45) is 0. The minimum absolute atomic E-state index is 0.342. The molecule has 0 saturated heterocycles. The summed E-state index contributed by atoms with van der Waals surface area (Å²) in [6, 6.07) is 11.3. The first kappa shape index (κ1) is 11.3. The number of nitrogen functional groups attached to an aromatic ring is 3. The van der Waals surface area contributed by atoms with Crippen LogP contribution in [0.15, 0.2) is 36.4 Å². The quantitative estimate of drug-likeness (QED) is 0.585. The molecular formula is C13H16N4. The molecule has 0 amide bonds. The van der Waals surface area contributed by atoms with E-state index in [1.54, 1.807) is 0 Å². The Balaban J connectivity index is 2.54. The first-order valence-electron chi connectivity index (χ1n) is 5.35. The van der Waals surface area contributed by atoms with Gasteiger partial charge in [0.05, 0.1) is 0 Å². The molecular weight excluding hydrogens is 212 g/mol. The van der Waals surface area contributed by atoms with Crippen LogP contribution in [-0.2, 0) is 6.54 Å². The predicted octanol–water partition coefficient (Wildman–Crippen LogP) is 1.56. The summed E-state index contributed by atoms with van der Waals surface area (Å²) >= 11 is 0. The van der Waals surface area contributed by atoms with Gasteiger partial charge in [0.1, 0.15) is 0 Å². The zero-order valence-electron chi connectivity index (χ0n) is 9.48. The lowest BCUT2D eigenvalue weighted by molar-refractivity contribution is 1.08. The van der Waals surface area contributed by atoms with Gasteiger partial charge >= 0.3 is 0 Å². The zero-order valence-corrected chi connectivity index (χ0v) is 9.48. The van der Waals surface area contributed by atoms with Crippen LogP contribution in [0.5, 0.6) is 0 Å². The van der Waals surface area contributed by atoms with Crippen molar-refractivity contribution in [3.8, 4) is 11.1 Å². The van der Waals surface area contributed by atoms with Crippen LogP contribution < -0.4 is 22.9 Å². The van der Waals surface area contributed by atoms with Crippen molar-refractivity contribution >= 4 is 17.1 Å². The smallest absolute Gasteiger partial charge is 0.0386 e. The highest BCUT2D eigenvalue weighted by atomic mass is 14.7. The van der Waals surface area contributed by atoms with Gasteiger partial charge in [0, 0.05) is 29.2 Å². The Morgan fingerprint density at radius 3 is 2.00 bits per heavy atom. The molecule has 0 aliphatic heterocycles. The second-order valence-electron chi connectivity index (χ2n) is 3.96. The molecule has 2 aromatic rings. The highest BCUT2D eigenvalue weighted by molar-refractivity contribution is 5.77. The van der Waals surface area contributed by atoms with Crippen molar-refractivity contribution in [1.29, 1.82) is 0 Å². The summed E-state index contributed by atoms with van der Waals surface area (Å²) in [4.78, 5) is 0. The summed E-state index contributed by atoms with van der Waals surface area (Å²) in [5.41, 5.74) is 27.8. The fraction of sp³-hybridized carbons (Fsp3) is 0.0769. The summed E-state index contributed by atoms with van der Waals surface area (Å²) < 4.78 is 0. The Morgan fingerprint density at radius 1 is 0.824 bits per heavy atom. The Hall–Kier alpha value is -2.20. The van der Waals surface area contributed by atoms with E-state index in [1.807, 2.05) is 36.4 Å². The van der Waals surface area contributed by atoms with Gasteiger partial charge in [0.15, 0.2) is 0 Å². The fourth-order valence-corrected chi connectivity index (χ4v) is 1.84. The van der Waals surface area contributed by atoms with E-state index in [-0.39, 0.29) is 0 Å². The second kappa shape index (κ2) is 4.35. The predicted molar refractivity (Wildman–Crippen MR) is 73.0 cm³/mol. The molecule has 0 heterocycles. The summed E-state index contributed by atoms with van der Waals surface area (Å²) in [5.74, 6) is 0. The Bertz CT molecular complexity index is 526. The van der Waals surface area contributed by atoms with Crippen molar-refractivity contribution in [2.24, 2.45) is 5.73 Å². The van der Waals surface area contributed by atoms with E-state index in [0.717, 1.165) is 16.7 Å². The van der Waals surface area contributed by atoms with Crippen LogP contribution in [-0.4, -0.2) is 0 Å². The van der Waals surface area contributed by atoms with E-state index < -0.39 is 0 Å². The van der Waals surface area contributed by atoms with E-state index >= 15 is 0 Å². The number of nitrogens with two attached hydrogens (primary N) is 4. The molecule has 8 N–H and O–H groups in total. The summed E-state index contributed by atoms with van der Waals surface area (Å²) in [6.45, 7) is 0.342. The van der Waals surface area contributed by atoms with Crippen LogP contribution in [0.1, 0.15) is 5.56 Å². The van der Waals surface area contributed by atoms with Crippen molar-refractivity contribution in [3.05, 3.63) is 42.0 Å². The minimum atomic E-state index is 0.342. The maximum atomic E-state index is 5.92. The highest BCUT2D eigenvalue weighted by Crippen LogP contribution is 2.29. The second-order valence-corrected chi connectivity index (χ2v) is 3.96. The molecule has 2 aromatic carbocycles. The number of hydrogen-bond acceptors (Lipinski definition) is 4. The van der Waals surface area contributed by atoms with Crippen molar-refractivity contribution < 1.29 is 0 Å². The molecule has 0 atom stereocenters. The van der Waals surface area contributed by atoms with Gasteiger partial charge in [-0.1, -0.05) is 12.1 Å².